The van der Waals surface area contributed by atoms with E-state index >= 15 is 0 Å². The number of hydrogen-bond acceptors (Lipinski definition) is 2. The number of allylic oxidation sites excluding steroid dienone is 2. The van der Waals surface area contributed by atoms with Crippen LogP contribution >= 0.6 is 0 Å². The number of ketones is 1. The molecule has 0 radical (unpaired) electrons. The smallest absolute Gasteiger partial charge is 0.162 e. The standard InChI is InChI=1S/C9H14O2/c1-2-4-7-8(10)5-3-6-9(7)11/h10H,2-6H2,1H3. The van der Waals surface area contributed by atoms with Gasteiger partial charge < -0.3 is 5.11 Å². The fraction of sp³-hybridized carbons (Fsp3) is 0.667. The lowest BCUT2D eigenvalue weighted by Crippen LogP contribution is -2.11. The average Bonchev–Trinajstić information content (AvgIpc) is 1.97. The molecule has 1 rings (SSSR count). The van der Waals surface area contributed by atoms with Crippen molar-refractivity contribution in [3.8, 4) is 0 Å². The molecule has 1 N–H and O–H groups in total. The van der Waals surface area contributed by atoms with E-state index in [1.54, 1.807) is 0 Å². The summed E-state index contributed by atoms with van der Waals surface area (Å²) in [4.78, 5) is 11.2. The van der Waals surface area contributed by atoms with Gasteiger partial charge in [-0.05, 0) is 12.8 Å². The Kier molecular flexibility index (Phi) is 2.69. The molecule has 0 unspecified atom stereocenters. The molecule has 0 saturated heterocycles. The second kappa shape index (κ2) is 3.56. The summed E-state index contributed by atoms with van der Waals surface area (Å²) in [5, 5.41) is 9.33. The monoisotopic (exact) mass is 154 g/mol. The van der Waals surface area contributed by atoms with E-state index in [1.165, 1.54) is 0 Å². The SMILES string of the molecule is CCCC1=C(O)CCCC1=O. The Labute approximate surface area is 66.9 Å². The van der Waals surface area contributed by atoms with E-state index in [0.717, 1.165) is 19.3 Å². The predicted octanol–water partition coefficient (Wildman–Crippen LogP) is 2.35. The summed E-state index contributed by atoms with van der Waals surface area (Å²) in [6.07, 6.45) is 3.81. The molecule has 0 aromatic rings. The number of Topliss-reactive ketones (excluding diaryl/α,β-unsaturated/α-hetero) is 1. The Bertz CT molecular complexity index is 192. The number of aliphatic hydroxyl groups excluding tert-OH is 1. The van der Waals surface area contributed by atoms with E-state index < -0.39 is 0 Å². The third-order valence-corrected chi connectivity index (χ3v) is 2.00. The molecule has 2 nitrogen and oxygen atoms in total. The molecule has 0 spiro atoms. The lowest BCUT2D eigenvalue weighted by atomic mass is 9.93. The Morgan fingerprint density at radius 3 is 2.73 bits per heavy atom. The van der Waals surface area contributed by atoms with Crippen LogP contribution in [0.25, 0.3) is 0 Å². The molecule has 0 fully saturated rings. The Morgan fingerprint density at radius 2 is 2.18 bits per heavy atom. The zero-order chi connectivity index (χ0) is 8.27. The summed E-state index contributed by atoms with van der Waals surface area (Å²) in [5.41, 5.74) is 0.679. The van der Waals surface area contributed by atoms with Crippen molar-refractivity contribution in [3.05, 3.63) is 11.3 Å². The Morgan fingerprint density at radius 1 is 1.45 bits per heavy atom. The van der Waals surface area contributed by atoms with Crippen LogP contribution in [0.4, 0.5) is 0 Å². The summed E-state index contributed by atoms with van der Waals surface area (Å²) in [7, 11) is 0. The first-order valence-corrected chi connectivity index (χ1v) is 4.20. The quantitative estimate of drug-likeness (QED) is 0.662. The summed E-state index contributed by atoms with van der Waals surface area (Å²) >= 11 is 0. The first-order chi connectivity index (χ1) is 5.25. The second-order valence-electron chi connectivity index (χ2n) is 2.95. The molecule has 2 heteroatoms. The molecular weight excluding hydrogens is 140 g/mol. The highest BCUT2D eigenvalue weighted by Gasteiger charge is 2.18. The number of aliphatic hydroxyl groups is 1. The molecular formula is C9H14O2. The molecule has 0 amide bonds. The fourth-order valence-electron chi connectivity index (χ4n) is 1.41. The van der Waals surface area contributed by atoms with Crippen molar-refractivity contribution >= 4 is 5.78 Å². The van der Waals surface area contributed by atoms with Crippen LogP contribution in [0.2, 0.25) is 0 Å². The van der Waals surface area contributed by atoms with Crippen LogP contribution in [0.5, 0.6) is 0 Å². The summed E-state index contributed by atoms with van der Waals surface area (Å²) in [5.74, 6) is 0.485. The summed E-state index contributed by atoms with van der Waals surface area (Å²) in [6.45, 7) is 2.02. The van der Waals surface area contributed by atoms with Crippen LogP contribution in [-0.4, -0.2) is 10.9 Å². The van der Waals surface area contributed by atoms with Crippen molar-refractivity contribution in [1.82, 2.24) is 0 Å². The maximum absolute atomic E-state index is 11.2. The molecule has 0 saturated carbocycles. The van der Waals surface area contributed by atoms with Gasteiger partial charge in [0.15, 0.2) is 5.78 Å². The van der Waals surface area contributed by atoms with Crippen molar-refractivity contribution in [1.29, 1.82) is 0 Å². The van der Waals surface area contributed by atoms with Gasteiger partial charge in [0.05, 0.1) is 5.76 Å². The molecule has 0 atom stereocenters. The van der Waals surface area contributed by atoms with Crippen LogP contribution in [0.15, 0.2) is 11.3 Å². The van der Waals surface area contributed by atoms with Crippen molar-refractivity contribution < 1.29 is 9.90 Å². The van der Waals surface area contributed by atoms with Crippen LogP contribution in [0.1, 0.15) is 39.0 Å². The molecule has 0 aliphatic heterocycles. The van der Waals surface area contributed by atoms with E-state index in [-0.39, 0.29) is 5.78 Å². The lowest BCUT2D eigenvalue weighted by molar-refractivity contribution is -0.116. The number of rotatable bonds is 2. The average molecular weight is 154 g/mol. The van der Waals surface area contributed by atoms with E-state index in [9.17, 15) is 9.90 Å². The van der Waals surface area contributed by atoms with Gasteiger partial charge in [-0.3, -0.25) is 4.79 Å². The number of hydrogen-bond donors (Lipinski definition) is 1. The van der Waals surface area contributed by atoms with E-state index in [4.69, 9.17) is 0 Å². The third-order valence-electron chi connectivity index (χ3n) is 2.00. The first kappa shape index (κ1) is 8.31. The van der Waals surface area contributed by atoms with E-state index in [2.05, 4.69) is 0 Å². The Balaban J connectivity index is 2.74. The van der Waals surface area contributed by atoms with E-state index in [0.29, 0.717) is 24.2 Å². The van der Waals surface area contributed by atoms with Gasteiger partial charge >= 0.3 is 0 Å². The van der Waals surface area contributed by atoms with Crippen LogP contribution in [0.3, 0.4) is 0 Å². The zero-order valence-corrected chi connectivity index (χ0v) is 6.89. The topological polar surface area (TPSA) is 37.3 Å². The van der Waals surface area contributed by atoms with Gasteiger partial charge in [0.1, 0.15) is 0 Å². The van der Waals surface area contributed by atoms with Gasteiger partial charge in [0.25, 0.3) is 0 Å². The molecule has 62 valence electrons. The summed E-state index contributed by atoms with van der Waals surface area (Å²) < 4.78 is 0. The highest BCUT2D eigenvalue weighted by Crippen LogP contribution is 2.22. The van der Waals surface area contributed by atoms with Gasteiger partial charge in [-0.2, -0.15) is 0 Å². The van der Waals surface area contributed by atoms with Crippen LogP contribution in [0, 0.1) is 0 Å². The molecule has 0 bridgehead atoms. The van der Waals surface area contributed by atoms with Crippen molar-refractivity contribution in [3.63, 3.8) is 0 Å². The number of carbonyl (C=O) groups is 1. The molecule has 11 heavy (non-hydrogen) atoms. The first-order valence-electron chi connectivity index (χ1n) is 4.20. The highest BCUT2D eigenvalue weighted by molar-refractivity contribution is 5.96. The van der Waals surface area contributed by atoms with Gasteiger partial charge in [-0.1, -0.05) is 13.3 Å². The minimum Gasteiger partial charge on any atom is -0.512 e. The molecule has 1 aliphatic rings. The Hall–Kier alpha value is -0.790. The minimum atomic E-state index is 0.149. The van der Waals surface area contributed by atoms with Crippen LogP contribution < -0.4 is 0 Å². The van der Waals surface area contributed by atoms with Gasteiger partial charge in [0.2, 0.25) is 0 Å². The fourth-order valence-corrected chi connectivity index (χ4v) is 1.41. The van der Waals surface area contributed by atoms with Gasteiger partial charge in [0, 0.05) is 18.4 Å². The summed E-state index contributed by atoms with van der Waals surface area (Å²) in [6, 6.07) is 0. The lowest BCUT2D eigenvalue weighted by Gasteiger charge is -2.13. The maximum atomic E-state index is 11.2. The maximum Gasteiger partial charge on any atom is 0.162 e. The molecule has 1 aliphatic carbocycles. The third kappa shape index (κ3) is 1.82. The van der Waals surface area contributed by atoms with Crippen LogP contribution in [-0.2, 0) is 4.79 Å². The van der Waals surface area contributed by atoms with Gasteiger partial charge in [-0.15, -0.1) is 0 Å². The predicted molar refractivity (Wildman–Crippen MR) is 43.4 cm³/mol. The van der Waals surface area contributed by atoms with Crippen molar-refractivity contribution in [2.45, 2.75) is 39.0 Å². The van der Waals surface area contributed by atoms with E-state index in [1.807, 2.05) is 6.92 Å². The normalized spacial score (nSPS) is 19.2. The van der Waals surface area contributed by atoms with Gasteiger partial charge in [-0.25, -0.2) is 0 Å². The zero-order valence-electron chi connectivity index (χ0n) is 6.89. The highest BCUT2D eigenvalue weighted by atomic mass is 16.3. The largest absolute Gasteiger partial charge is 0.512 e. The molecule has 0 heterocycles. The number of carbonyl (C=O) groups excluding carboxylic acids is 1. The van der Waals surface area contributed by atoms with Crippen molar-refractivity contribution in [2.75, 3.05) is 0 Å². The second-order valence-corrected chi connectivity index (χ2v) is 2.95. The minimum absolute atomic E-state index is 0.149. The van der Waals surface area contributed by atoms with Crippen molar-refractivity contribution in [2.24, 2.45) is 0 Å². The molecule has 0 aromatic heterocycles. The molecule has 0 aromatic carbocycles.